The van der Waals surface area contributed by atoms with Crippen molar-refractivity contribution in [3.05, 3.63) is 65.7 Å². The number of aliphatic hydroxyl groups excluding tert-OH is 1. The summed E-state index contributed by atoms with van der Waals surface area (Å²) in [6.07, 6.45) is 5.78. The third kappa shape index (κ3) is 4.35. The van der Waals surface area contributed by atoms with Crippen LogP contribution in [0.2, 0.25) is 0 Å². The number of hydrogen-bond donors (Lipinski definition) is 1. The van der Waals surface area contributed by atoms with Crippen LogP contribution in [0.15, 0.2) is 59.5 Å². The molecule has 0 spiro atoms. The molecule has 172 valence electrons. The van der Waals surface area contributed by atoms with E-state index in [0.717, 1.165) is 30.5 Å². The van der Waals surface area contributed by atoms with Crippen molar-refractivity contribution in [1.29, 1.82) is 0 Å². The first kappa shape index (κ1) is 23.0. The summed E-state index contributed by atoms with van der Waals surface area (Å²) < 4.78 is 33.7. The van der Waals surface area contributed by atoms with Gasteiger partial charge in [0.2, 0.25) is 10.0 Å². The molecule has 3 atom stereocenters. The molecule has 0 unspecified atom stereocenters. The van der Waals surface area contributed by atoms with Gasteiger partial charge in [-0.2, -0.15) is 4.31 Å². The smallest absolute Gasteiger partial charge is 0.243 e. The average molecular weight is 457 g/mol. The summed E-state index contributed by atoms with van der Waals surface area (Å²) in [6.45, 7) is 3.88. The monoisotopic (exact) mass is 456 g/mol. The number of sulfonamides is 1. The Kier molecular flexibility index (Phi) is 7.00. The van der Waals surface area contributed by atoms with Crippen molar-refractivity contribution in [2.24, 2.45) is 0 Å². The molecule has 2 aliphatic heterocycles. The second-order valence-electron chi connectivity index (χ2n) is 8.49. The Morgan fingerprint density at radius 3 is 2.38 bits per heavy atom. The van der Waals surface area contributed by atoms with E-state index in [0.29, 0.717) is 18.8 Å². The zero-order valence-corrected chi connectivity index (χ0v) is 19.5. The Morgan fingerprint density at radius 2 is 1.75 bits per heavy atom. The highest BCUT2D eigenvalue weighted by Crippen LogP contribution is 2.42. The molecule has 0 saturated carbocycles. The predicted molar refractivity (Wildman–Crippen MR) is 126 cm³/mol. The van der Waals surface area contributed by atoms with Crippen LogP contribution in [0.4, 0.5) is 0 Å². The largest absolute Gasteiger partial charge is 0.497 e. The van der Waals surface area contributed by atoms with Gasteiger partial charge in [0.25, 0.3) is 0 Å². The standard InChI is InChI=1S/C25H32N2O4S/c1-3-6-19-7-9-20(10-8-19)25-23-17-26(15-4-5-16-27(23)24(25)18-28)32(29,30)22-13-11-21(31-2)12-14-22/h3,6-14,23-25,28H,4-5,15-18H2,1-2H3/t23-,24+,25-/m0/s1. The number of ether oxygens (including phenoxy) is 1. The van der Waals surface area contributed by atoms with Gasteiger partial charge in [-0.05, 0) is 61.7 Å². The lowest BCUT2D eigenvalue weighted by molar-refractivity contribution is -0.0553. The first-order valence-electron chi connectivity index (χ1n) is 11.2. The lowest BCUT2D eigenvalue weighted by Gasteiger charge is -2.57. The minimum Gasteiger partial charge on any atom is -0.497 e. The quantitative estimate of drug-likeness (QED) is 0.722. The summed E-state index contributed by atoms with van der Waals surface area (Å²) in [6, 6.07) is 15.1. The molecule has 0 aliphatic carbocycles. The van der Waals surface area contributed by atoms with Crippen LogP contribution < -0.4 is 4.74 Å². The molecule has 0 radical (unpaired) electrons. The van der Waals surface area contributed by atoms with Crippen LogP contribution in [0.1, 0.15) is 36.8 Å². The zero-order valence-electron chi connectivity index (χ0n) is 18.7. The van der Waals surface area contributed by atoms with Gasteiger partial charge in [0.15, 0.2) is 0 Å². The summed E-state index contributed by atoms with van der Waals surface area (Å²) in [5.41, 5.74) is 2.29. The van der Waals surface area contributed by atoms with Crippen molar-refractivity contribution in [1.82, 2.24) is 9.21 Å². The lowest BCUT2D eigenvalue weighted by atomic mass is 9.74. The topological polar surface area (TPSA) is 70.1 Å². The molecule has 4 rings (SSSR count). The van der Waals surface area contributed by atoms with E-state index in [1.807, 2.05) is 13.0 Å². The number of allylic oxidation sites excluding steroid dienone is 1. The molecular weight excluding hydrogens is 424 g/mol. The SMILES string of the molecule is CC=Cc1ccc([C@@H]2[C@@H](CO)N3CCCCN(S(=O)(=O)c4ccc(OC)cc4)C[C@@H]23)cc1. The Balaban J connectivity index is 1.61. The van der Waals surface area contributed by atoms with Crippen molar-refractivity contribution >= 4 is 16.1 Å². The van der Waals surface area contributed by atoms with Crippen LogP contribution >= 0.6 is 0 Å². The molecule has 2 heterocycles. The number of benzene rings is 2. The summed E-state index contributed by atoms with van der Waals surface area (Å²) in [7, 11) is -2.05. The maximum atomic E-state index is 13.4. The molecule has 7 heteroatoms. The first-order valence-corrected chi connectivity index (χ1v) is 12.7. The molecule has 0 aromatic heterocycles. The van der Waals surface area contributed by atoms with Gasteiger partial charge in [0.05, 0.1) is 18.6 Å². The minimum atomic E-state index is -3.61. The van der Waals surface area contributed by atoms with E-state index in [4.69, 9.17) is 4.74 Å². The molecule has 0 bridgehead atoms. The third-order valence-corrected chi connectivity index (χ3v) is 8.59. The number of aliphatic hydroxyl groups is 1. The maximum absolute atomic E-state index is 13.4. The highest BCUT2D eigenvalue weighted by Gasteiger charge is 2.50. The van der Waals surface area contributed by atoms with Gasteiger partial charge in [0, 0.05) is 31.1 Å². The van der Waals surface area contributed by atoms with Crippen molar-refractivity contribution in [3.63, 3.8) is 0 Å². The van der Waals surface area contributed by atoms with Gasteiger partial charge >= 0.3 is 0 Å². The van der Waals surface area contributed by atoms with Gasteiger partial charge in [-0.25, -0.2) is 8.42 Å². The van der Waals surface area contributed by atoms with Gasteiger partial charge in [-0.1, -0.05) is 36.4 Å². The summed E-state index contributed by atoms with van der Waals surface area (Å²) >= 11 is 0. The average Bonchev–Trinajstić information content (AvgIpc) is 2.79. The van der Waals surface area contributed by atoms with E-state index < -0.39 is 10.0 Å². The fraction of sp³-hybridized carbons (Fsp3) is 0.440. The highest BCUT2D eigenvalue weighted by atomic mass is 32.2. The number of hydrogen-bond acceptors (Lipinski definition) is 5. The fourth-order valence-corrected chi connectivity index (χ4v) is 6.54. The maximum Gasteiger partial charge on any atom is 0.243 e. The fourth-order valence-electron chi connectivity index (χ4n) is 5.05. The van der Waals surface area contributed by atoms with Crippen LogP contribution in [-0.4, -0.2) is 68.2 Å². The van der Waals surface area contributed by atoms with Gasteiger partial charge < -0.3 is 9.84 Å². The molecule has 2 aromatic rings. The number of fused-ring (bicyclic) bond motifs is 1. The zero-order chi connectivity index (χ0) is 22.7. The number of methoxy groups -OCH3 is 1. The Hall–Kier alpha value is -2.19. The number of nitrogens with zero attached hydrogens (tertiary/aromatic N) is 2. The highest BCUT2D eigenvalue weighted by molar-refractivity contribution is 7.89. The van der Waals surface area contributed by atoms with Crippen LogP contribution in [0.3, 0.4) is 0 Å². The molecular formula is C25H32N2O4S. The van der Waals surface area contributed by atoms with Crippen molar-refractivity contribution < 1.29 is 18.3 Å². The van der Waals surface area contributed by atoms with E-state index in [1.165, 1.54) is 0 Å². The van der Waals surface area contributed by atoms with Crippen molar-refractivity contribution in [2.45, 2.75) is 42.7 Å². The molecule has 2 saturated heterocycles. The molecule has 6 nitrogen and oxygen atoms in total. The molecule has 0 amide bonds. The Bertz CT molecular complexity index is 1030. The normalized spacial score (nSPS) is 25.0. The number of rotatable bonds is 6. The van der Waals surface area contributed by atoms with Crippen LogP contribution in [0.5, 0.6) is 5.75 Å². The van der Waals surface area contributed by atoms with Gasteiger partial charge in [-0.15, -0.1) is 0 Å². The second kappa shape index (κ2) is 9.75. The van der Waals surface area contributed by atoms with Gasteiger partial charge in [-0.3, -0.25) is 4.90 Å². The Morgan fingerprint density at radius 1 is 1.06 bits per heavy atom. The van der Waals surface area contributed by atoms with E-state index in [-0.39, 0.29) is 29.5 Å². The van der Waals surface area contributed by atoms with Crippen molar-refractivity contribution in [2.75, 3.05) is 33.4 Å². The summed E-state index contributed by atoms with van der Waals surface area (Å²) in [4.78, 5) is 2.58. The van der Waals surface area contributed by atoms with Gasteiger partial charge in [0.1, 0.15) is 5.75 Å². The van der Waals surface area contributed by atoms with Crippen LogP contribution in [-0.2, 0) is 10.0 Å². The molecule has 2 aromatic carbocycles. The Labute approximate surface area is 191 Å². The predicted octanol–water partition coefficient (Wildman–Crippen LogP) is 3.34. The van der Waals surface area contributed by atoms with E-state index in [2.05, 4.69) is 35.2 Å². The second-order valence-corrected chi connectivity index (χ2v) is 10.4. The minimum absolute atomic E-state index is 0.0243. The van der Waals surface area contributed by atoms with E-state index in [1.54, 1.807) is 35.7 Å². The van der Waals surface area contributed by atoms with Crippen LogP contribution in [0, 0.1) is 0 Å². The molecule has 2 fully saturated rings. The molecule has 2 aliphatic rings. The molecule has 32 heavy (non-hydrogen) atoms. The van der Waals surface area contributed by atoms with Crippen molar-refractivity contribution in [3.8, 4) is 5.75 Å². The van der Waals surface area contributed by atoms with E-state index >= 15 is 0 Å². The first-order chi connectivity index (χ1) is 15.5. The third-order valence-electron chi connectivity index (χ3n) is 6.71. The van der Waals surface area contributed by atoms with E-state index in [9.17, 15) is 13.5 Å². The lowest BCUT2D eigenvalue weighted by Crippen LogP contribution is -2.67. The molecule has 1 N–H and O–H groups in total. The van der Waals surface area contributed by atoms with Crippen LogP contribution in [0.25, 0.3) is 6.08 Å². The summed E-state index contributed by atoms with van der Waals surface area (Å²) in [5.74, 6) is 0.736. The summed E-state index contributed by atoms with van der Waals surface area (Å²) in [5, 5.41) is 10.1.